The molecular formula is C17H32N2O3. The van der Waals surface area contributed by atoms with Gasteiger partial charge in [0, 0.05) is 12.1 Å². The van der Waals surface area contributed by atoms with Crippen molar-refractivity contribution >= 4 is 12.0 Å². The Morgan fingerprint density at radius 1 is 1.23 bits per heavy atom. The highest BCUT2D eigenvalue weighted by atomic mass is 16.5. The molecule has 1 fully saturated rings. The maximum absolute atomic E-state index is 12.2. The van der Waals surface area contributed by atoms with Crippen LogP contribution in [0.15, 0.2) is 0 Å². The average molecular weight is 312 g/mol. The van der Waals surface area contributed by atoms with Crippen LogP contribution in [0.3, 0.4) is 0 Å². The Morgan fingerprint density at radius 2 is 1.91 bits per heavy atom. The van der Waals surface area contributed by atoms with Crippen molar-refractivity contribution in [2.24, 2.45) is 17.8 Å². The van der Waals surface area contributed by atoms with Crippen molar-refractivity contribution in [1.29, 1.82) is 0 Å². The Balaban J connectivity index is 2.46. The van der Waals surface area contributed by atoms with Crippen LogP contribution in [0.1, 0.15) is 60.3 Å². The third kappa shape index (κ3) is 6.24. The van der Waals surface area contributed by atoms with Crippen LogP contribution in [-0.2, 0) is 9.53 Å². The number of carbonyl (C=O) groups excluding carboxylic acids is 2. The number of rotatable bonds is 6. The first-order valence-corrected chi connectivity index (χ1v) is 8.56. The lowest BCUT2D eigenvalue weighted by molar-refractivity contribution is -0.143. The highest BCUT2D eigenvalue weighted by Gasteiger charge is 2.31. The first-order valence-electron chi connectivity index (χ1n) is 8.56. The Kier molecular flexibility index (Phi) is 7.69. The van der Waals surface area contributed by atoms with Crippen LogP contribution in [0, 0.1) is 17.8 Å². The van der Waals surface area contributed by atoms with E-state index in [1.807, 2.05) is 6.92 Å². The Labute approximate surface area is 134 Å². The summed E-state index contributed by atoms with van der Waals surface area (Å²) in [5.41, 5.74) is 0. The van der Waals surface area contributed by atoms with E-state index >= 15 is 0 Å². The second-order valence-electron chi connectivity index (χ2n) is 6.96. The fourth-order valence-corrected chi connectivity index (χ4v) is 3.32. The summed E-state index contributed by atoms with van der Waals surface area (Å²) in [5, 5.41) is 5.95. The molecule has 0 heterocycles. The van der Waals surface area contributed by atoms with Crippen molar-refractivity contribution < 1.29 is 14.3 Å². The van der Waals surface area contributed by atoms with Gasteiger partial charge in [0.15, 0.2) is 0 Å². The van der Waals surface area contributed by atoms with Gasteiger partial charge in [0.25, 0.3) is 0 Å². The van der Waals surface area contributed by atoms with Gasteiger partial charge in [-0.2, -0.15) is 0 Å². The Bertz CT molecular complexity index is 371. The van der Waals surface area contributed by atoms with Gasteiger partial charge in [0.1, 0.15) is 0 Å². The number of hydrogen-bond donors (Lipinski definition) is 2. The van der Waals surface area contributed by atoms with Crippen LogP contribution in [-0.4, -0.2) is 30.7 Å². The van der Waals surface area contributed by atoms with E-state index in [0.29, 0.717) is 24.4 Å². The second-order valence-corrected chi connectivity index (χ2v) is 6.96. The molecular weight excluding hydrogens is 280 g/mol. The maximum Gasteiger partial charge on any atom is 0.315 e. The molecule has 22 heavy (non-hydrogen) atoms. The molecule has 128 valence electrons. The highest BCUT2D eigenvalue weighted by Crippen LogP contribution is 2.33. The van der Waals surface area contributed by atoms with Crippen molar-refractivity contribution in [2.45, 2.75) is 72.4 Å². The molecule has 2 N–H and O–H groups in total. The second kappa shape index (κ2) is 9.01. The molecule has 0 spiro atoms. The van der Waals surface area contributed by atoms with E-state index in [1.54, 1.807) is 6.92 Å². The van der Waals surface area contributed by atoms with Gasteiger partial charge in [0.2, 0.25) is 0 Å². The Morgan fingerprint density at radius 3 is 2.50 bits per heavy atom. The van der Waals surface area contributed by atoms with Gasteiger partial charge in [-0.05, 0) is 44.4 Å². The standard InChI is InChI=1S/C17H32N2O3/c1-6-22-16(20)10-13(5)18-17(21)19-15-9-12(4)7-8-14(15)11(2)3/h11-15H,6-10H2,1-5H3,(H2,18,19,21)/t12-,13?,14?,15+/m0/s1. The Hall–Kier alpha value is -1.26. The van der Waals surface area contributed by atoms with Gasteiger partial charge in [-0.3, -0.25) is 4.79 Å². The zero-order valence-corrected chi connectivity index (χ0v) is 14.6. The number of nitrogens with one attached hydrogen (secondary N) is 2. The van der Waals surface area contributed by atoms with Crippen molar-refractivity contribution in [3.63, 3.8) is 0 Å². The topological polar surface area (TPSA) is 67.4 Å². The number of amides is 2. The highest BCUT2D eigenvalue weighted by molar-refractivity contribution is 5.76. The van der Waals surface area contributed by atoms with E-state index < -0.39 is 0 Å². The van der Waals surface area contributed by atoms with E-state index in [-0.39, 0.29) is 30.5 Å². The van der Waals surface area contributed by atoms with Gasteiger partial charge in [-0.25, -0.2) is 4.79 Å². The van der Waals surface area contributed by atoms with E-state index in [9.17, 15) is 9.59 Å². The fourth-order valence-electron chi connectivity index (χ4n) is 3.32. The van der Waals surface area contributed by atoms with Gasteiger partial charge >= 0.3 is 12.0 Å². The third-order valence-electron chi connectivity index (χ3n) is 4.49. The zero-order valence-electron chi connectivity index (χ0n) is 14.6. The maximum atomic E-state index is 12.2. The summed E-state index contributed by atoms with van der Waals surface area (Å²) in [6, 6.07) is -0.183. The molecule has 2 unspecified atom stereocenters. The molecule has 5 heteroatoms. The van der Waals surface area contributed by atoms with Gasteiger partial charge < -0.3 is 15.4 Å². The van der Waals surface area contributed by atoms with Crippen molar-refractivity contribution in [2.75, 3.05) is 6.61 Å². The molecule has 0 bridgehead atoms. The molecule has 0 saturated heterocycles. The van der Waals surface area contributed by atoms with Gasteiger partial charge in [-0.15, -0.1) is 0 Å². The summed E-state index contributed by atoms with van der Waals surface area (Å²) in [6.45, 7) is 10.6. The number of ether oxygens (including phenoxy) is 1. The summed E-state index contributed by atoms with van der Waals surface area (Å²) >= 11 is 0. The predicted molar refractivity (Wildman–Crippen MR) is 87.5 cm³/mol. The minimum atomic E-state index is -0.276. The number of urea groups is 1. The SMILES string of the molecule is CCOC(=O)CC(C)NC(=O)N[C@@H]1C[C@@H](C)CCC1C(C)C. The number of esters is 1. The smallest absolute Gasteiger partial charge is 0.315 e. The largest absolute Gasteiger partial charge is 0.466 e. The first-order chi connectivity index (χ1) is 10.3. The zero-order chi connectivity index (χ0) is 16.7. The fraction of sp³-hybridized carbons (Fsp3) is 0.882. The molecule has 1 aliphatic rings. The monoisotopic (exact) mass is 312 g/mol. The lowest BCUT2D eigenvalue weighted by atomic mass is 9.74. The first kappa shape index (κ1) is 18.8. The molecule has 1 aliphatic carbocycles. The predicted octanol–water partition coefficient (Wildman–Crippen LogP) is 3.09. The number of hydrogen-bond acceptors (Lipinski definition) is 3. The third-order valence-corrected chi connectivity index (χ3v) is 4.49. The van der Waals surface area contributed by atoms with Crippen LogP contribution in [0.25, 0.3) is 0 Å². The molecule has 0 radical (unpaired) electrons. The van der Waals surface area contributed by atoms with Crippen molar-refractivity contribution in [1.82, 2.24) is 10.6 Å². The van der Waals surface area contributed by atoms with E-state index in [1.165, 1.54) is 12.8 Å². The normalized spacial score (nSPS) is 26.4. The van der Waals surface area contributed by atoms with Crippen LogP contribution < -0.4 is 10.6 Å². The average Bonchev–Trinajstić information content (AvgIpc) is 2.37. The van der Waals surface area contributed by atoms with E-state index in [0.717, 1.165) is 6.42 Å². The summed E-state index contributed by atoms with van der Waals surface area (Å²) in [6.07, 6.45) is 3.64. The summed E-state index contributed by atoms with van der Waals surface area (Å²) < 4.78 is 4.90. The number of carbonyl (C=O) groups is 2. The molecule has 0 aromatic heterocycles. The molecule has 1 rings (SSSR count). The van der Waals surface area contributed by atoms with E-state index in [4.69, 9.17) is 4.74 Å². The summed E-state index contributed by atoms with van der Waals surface area (Å²) in [7, 11) is 0. The van der Waals surface area contributed by atoms with Gasteiger partial charge in [0.05, 0.1) is 13.0 Å². The molecule has 2 amide bonds. The summed E-state index contributed by atoms with van der Waals surface area (Å²) in [5.74, 6) is 1.47. The van der Waals surface area contributed by atoms with Gasteiger partial charge in [-0.1, -0.05) is 27.2 Å². The van der Waals surface area contributed by atoms with Crippen LogP contribution in [0.2, 0.25) is 0 Å². The van der Waals surface area contributed by atoms with Crippen LogP contribution in [0.5, 0.6) is 0 Å². The van der Waals surface area contributed by atoms with Crippen molar-refractivity contribution in [3.05, 3.63) is 0 Å². The van der Waals surface area contributed by atoms with Crippen molar-refractivity contribution in [3.8, 4) is 0 Å². The molecule has 0 aliphatic heterocycles. The van der Waals surface area contributed by atoms with Crippen LogP contribution in [0.4, 0.5) is 4.79 Å². The van der Waals surface area contributed by atoms with E-state index in [2.05, 4.69) is 31.4 Å². The molecule has 1 saturated carbocycles. The lowest BCUT2D eigenvalue weighted by Crippen LogP contribution is -2.51. The lowest BCUT2D eigenvalue weighted by Gasteiger charge is -2.37. The van der Waals surface area contributed by atoms with Crippen LogP contribution >= 0.6 is 0 Å². The minimum absolute atomic E-state index is 0.179. The molecule has 5 nitrogen and oxygen atoms in total. The molecule has 4 atom stereocenters. The quantitative estimate of drug-likeness (QED) is 0.741. The molecule has 0 aromatic carbocycles. The minimum Gasteiger partial charge on any atom is -0.466 e. The summed E-state index contributed by atoms with van der Waals surface area (Å²) in [4.78, 5) is 23.6. The molecule has 0 aromatic rings.